The highest BCUT2D eigenvalue weighted by Crippen LogP contribution is 2.39. The molecule has 0 radical (unpaired) electrons. The Morgan fingerprint density at radius 1 is 1.29 bits per heavy atom. The standard InChI is InChI=1S/C9H14O5/c1-8-4-12-9(13-5-8,14-6-8)3-7(10)11-2/h3-6H2,1-2H3. The first-order valence-electron chi connectivity index (χ1n) is 4.56. The molecular formula is C9H14O5. The normalized spacial score (nSPS) is 41.0. The lowest BCUT2D eigenvalue weighted by molar-refractivity contribution is -0.464. The SMILES string of the molecule is COC(=O)CC12OCC(C)(CO1)CO2. The highest BCUT2D eigenvalue weighted by atomic mass is 16.9. The lowest BCUT2D eigenvalue weighted by Crippen LogP contribution is -2.59. The van der Waals surface area contributed by atoms with E-state index >= 15 is 0 Å². The number of esters is 1. The maximum absolute atomic E-state index is 11.1. The molecule has 5 nitrogen and oxygen atoms in total. The maximum Gasteiger partial charge on any atom is 0.313 e. The second kappa shape index (κ2) is 3.18. The molecule has 3 aliphatic rings. The van der Waals surface area contributed by atoms with Crippen LogP contribution in [0, 0.1) is 5.41 Å². The Kier molecular flexibility index (Phi) is 2.25. The van der Waals surface area contributed by atoms with Crippen molar-refractivity contribution in [2.75, 3.05) is 26.9 Å². The molecule has 0 spiro atoms. The van der Waals surface area contributed by atoms with Gasteiger partial charge in [0.25, 0.3) is 5.97 Å². The summed E-state index contributed by atoms with van der Waals surface area (Å²) in [5.74, 6) is -1.58. The summed E-state index contributed by atoms with van der Waals surface area (Å²) < 4.78 is 20.7. The van der Waals surface area contributed by atoms with Gasteiger partial charge in [0.05, 0.1) is 26.9 Å². The number of ether oxygens (including phenoxy) is 4. The summed E-state index contributed by atoms with van der Waals surface area (Å²) in [4.78, 5) is 11.1. The van der Waals surface area contributed by atoms with E-state index in [4.69, 9.17) is 14.2 Å². The molecular weight excluding hydrogens is 188 g/mol. The van der Waals surface area contributed by atoms with Crippen LogP contribution in [0.5, 0.6) is 0 Å². The number of rotatable bonds is 2. The minimum Gasteiger partial charge on any atom is -0.469 e. The van der Waals surface area contributed by atoms with Crippen LogP contribution in [-0.2, 0) is 23.7 Å². The van der Waals surface area contributed by atoms with Crippen molar-refractivity contribution < 1.29 is 23.7 Å². The zero-order valence-electron chi connectivity index (χ0n) is 8.37. The van der Waals surface area contributed by atoms with Crippen LogP contribution in [0.25, 0.3) is 0 Å². The van der Waals surface area contributed by atoms with E-state index in [1.807, 2.05) is 6.92 Å². The Labute approximate surface area is 82.3 Å². The number of methoxy groups -OCH3 is 1. The average Bonchev–Trinajstić information content (AvgIpc) is 2.20. The largest absolute Gasteiger partial charge is 0.469 e. The molecule has 0 aromatic carbocycles. The van der Waals surface area contributed by atoms with E-state index in [1.54, 1.807) is 0 Å². The fraction of sp³-hybridized carbons (Fsp3) is 0.889. The van der Waals surface area contributed by atoms with Crippen molar-refractivity contribution in [1.82, 2.24) is 0 Å². The van der Waals surface area contributed by atoms with Gasteiger partial charge >= 0.3 is 5.97 Å². The van der Waals surface area contributed by atoms with Gasteiger partial charge in [-0.05, 0) is 0 Å². The number of fused-ring (bicyclic) bond motifs is 3. The first kappa shape index (κ1) is 9.89. The zero-order valence-corrected chi connectivity index (χ0v) is 8.37. The average molecular weight is 202 g/mol. The van der Waals surface area contributed by atoms with E-state index in [-0.39, 0.29) is 11.8 Å². The fourth-order valence-electron chi connectivity index (χ4n) is 1.50. The van der Waals surface area contributed by atoms with Gasteiger partial charge in [-0.3, -0.25) is 4.79 Å². The van der Waals surface area contributed by atoms with E-state index in [9.17, 15) is 4.79 Å². The van der Waals surface area contributed by atoms with Crippen LogP contribution in [-0.4, -0.2) is 38.9 Å². The van der Waals surface area contributed by atoms with Gasteiger partial charge in [0.1, 0.15) is 6.42 Å². The summed E-state index contributed by atoms with van der Waals surface area (Å²) >= 11 is 0. The molecule has 0 N–H and O–H groups in total. The molecule has 5 heteroatoms. The van der Waals surface area contributed by atoms with E-state index in [2.05, 4.69) is 4.74 Å². The van der Waals surface area contributed by atoms with Crippen LogP contribution in [0.4, 0.5) is 0 Å². The van der Waals surface area contributed by atoms with E-state index in [0.29, 0.717) is 19.8 Å². The monoisotopic (exact) mass is 202 g/mol. The molecule has 0 aromatic rings. The fourth-order valence-corrected chi connectivity index (χ4v) is 1.50. The Bertz CT molecular complexity index is 225. The summed E-state index contributed by atoms with van der Waals surface area (Å²) in [6, 6.07) is 0. The van der Waals surface area contributed by atoms with Gasteiger partial charge in [-0.1, -0.05) is 6.92 Å². The molecule has 80 valence electrons. The van der Waals surface area contributed by atoms with Gasteiger partial charge < -0.3 is 18.9 Å². The van der Waals surface area contributed by atoms with E-state index in [1.165, 1.54) is 7.11 Å². The lowest BCUT2D eigenvalue weighted by atomic mass is 9.91. The van der Waals surface area contributed by atoms with Crippen LogP contribution in [0.2, 0.25) is 0 Å². The Morgan fingerprint density at radius 3 is 2.21 bits per heavy atom. The molecule has 0 saturated carbocycles. The molecule has 3 saturated heterocycles. The second-order valence-electron chi connectivity index (χ2n) is 4.11. The Morgan fingerprint density at radius 2 is 1.79 bits per heavy atom. The van der Waals surface area contributed by atoms with Gasteiger partial charge in [-0.2, -0.15) is 0 Å². The quantitative estimate of drug-likeness (QED) is 0.602. The number of carbonyl (C=O) groups excluding carboxylic acids is 1. The molecule has 0 atom stereocenters. The first-order chi connectivity index (χ1) is 6.58. The van der Waals surface area contributed by atoms with Gasteiger partial charge in [0.15, 0.2) is 0 Å². The Hall–Kier alpha value is -0.650. The van der Waals surface area contributed by atoms with Crippen LogP contribution in [0.3, 0.4) is 0 Å². The highest BCUT2D eigenvalue weighted by molar-refractivity contribution is 5.70. The summed E-state index contributed by atoms with van der Waals surface area (Å²) in [6.07, 6.45) is -0.0143. The zero-order chi connectivity index (χ0) is 10.2. The minimum absolute atomic E-state index is 0.0143. The van der Waals surface area contributed by atoms with Gasteiger partial charge in [0, 0.05) is 5.41 Å². The van der Waals surface area contributed by atoms with Crippen molar-refractivity contribution in [2.45, 2.75) is 19.3 Å². The second-order valence-corrected chi connectivity index (χ2v) is 4.11. The summed E-state index contributed by atoms with van der Waals surface area (Å²) in [5, 5.41) is 0. The van der Waals surface area contributed by atoms with E-state index in [0.717, 1.165) is 0 Å². The third kappa shape index (κ3) is 1.63. The number of carbonyl (C=O) groups is 1. The number of hydrogen-bond donors (Lipinski definition) is 0. The predicted octanol–water partition coefficient (Wildman–Crippen LogP) is 0.287. The highest BCUT2D eigenvalue weighted by Gasteiger charge is 2.51. The molecule has 0 amide bonds. The molecule has 3 heterocycles. The van der Waals surface area contributed by atoms with Crippen LogP contribution in [0.1, 0.15) is 13.3 Å². The summed E-state index contributed by atoms with van der Waals surface area (Å²) in [7, 11) is 1.33. The van der Waals surface area contributed by atoms with Crippen LogP contribution >= 0.6 is 0 Å². The molecule has 3 fully saturated rings. The van der Waals surface area contributed by atoms with E-state index < -0.39 is 11.9 Å². The minimum atomic E-state index is -1.19. The van der Waals surface area contributed by atoms with Crippen LogP contribution in [0.15, 0.2) is 0 Å². The van der Waals surface area contributed by atoms with Gasteiger partial charge in [-0.25, -0.2) is 0 Å². The third-order valence-corrected chi connectivity index (χ3v) is 2.51. The predicted molar refractivity (Wildman–Crippen MR) is 45.3 cm³/mol. The molecule has 3 aliphatic heterocycles. The van der Waals surface area contributed by atoms with Crippen LogP contribution < -0.4 is 0 Å². The smallest absolute Gasteiger partial charge is 0.313 e. The topological polar surface area (TPSA) is 54.0 Å². The Balaban J connectivity index is 2.01. The molecule has 0 aromatic heterocycles. The maximum atomic E-state index is 11.1. The number of hydrogen-bond acceptors (Lipinski definition) is 5. The van der Waals surface area contributed by atoms with Crippen molar-refractivity contribution in [1.29, 1.82) is 0 Å². The van der Waals surface area contributed by atoms with Crippen molar-refractivity contribution in [3.63, 3.8) is 0 Å². The van der Waals surface area contributed by atoms with Gasteiger partial charge in [-0.15, -0.1) is 0 Å². The third-order valence-electron chi connectivity index (χ3n) is 2.51. The van der Waals surface area contributed by atoms with Gasteiger partial charge in [0.2, 0.25) is 0 Å². The summed E-state index contributed by atoms with van der Waals surface area (Å²) in [6.45, 7) is 3.70. The van der Waals surface area contributed by atoms with Crippen molar-refractivity contribution >= 4 is 5.97 Å². The molecule has 2 bridgehead atoms. The molecule has 0 aliphatic carbocycles. The van der Waals surface area contributed by atoms with Crippen molar-refractivity contribution in [3.8, 4) is 0 Å². The van der Waals surface area contributed by atoms with Crippen molar-refractivity contribution in [2.24, 2.45) is 5.41 Å². The van der Waals surface area contributed by atoms with Crippen molar-refractivity contribution in [3.05, 3.63) is 0 Å². The summed E-state index contributed by atoms with van der Waals surface area (Å²) in [5.41, 5.74) is -0.0716. The molecule has 0 unspecified atom stereocenters. The first-order valence-corrected chi connectivity index (χ1v) is 4.56. The molecule has 3 rings (SSSR count). The lowest BCUT2D eigenvalue weighted by Gasteiger charge is -2.49. The molecule has 14 heavy (non-hydrogen) atoms.